The lowest BCUT2D eigenvalue weighted by molar-refractivity contribution is -0.137. The molecule has 56 valence electrons. The van der Waals surface area contributed by atoms with Crippen molar-refractivity contribution in [3.8, 4) is 0 Å². The van der Waals surface area contributed by atoms with E-state index < -0.39 is 12.0 Å². The van der Waals surface area contributed by atoms with Crippen LogP contribution in [0.3, 0.4) is 0 Å². The van der Waals surface area contributed by atoms with Crippen molar-refractivity contribution in [2.75, 3.05) is 12.0 Å². The third kappa shape index (κ3) is 5.95. The fraction of sp³-hybridized carbons (Fsp3) is 0.750. The molecule has 1 atom stereocenters. The van der Waals surface area contributed by atoms with Crippen molar-refractivity contribution in [3.63, 3.8) is 0 Å². The van der Waals surface area contributed by atoms with Gasteiger partial charge >= 0.3 is 5.97 Å². The van der Waals surface area contributed by atoms with Gasteiger partial charge in [-0.15, -0.1) is 12.4 Å². The summed E-state index contributed by atoms with van der Waals surface area (Å²) in [6.45, 7) is 0. The van der Waals surface area contributed by atoms with E-state index in [-0.39, 0.29) is 12.4 Å². The molecule has 0 aliphatic heterocycles. The number of hydrogen-bond acceptors (Lipinski definition) is 3. The average molecular weight is 172 g/mol. The second-order valence-corrected chi connectivity index (χ2v) is 2.31. The van der Waals surface area contributed by atoms with Crippen LogP contribution < -0.4 is 5.73 Å². The van der Waals surface area contributed by atoms with Crippen molar-refractivity contribution in [1.82, 2.24) is 0 Å². The Hall–Kier alpha value is 0.0700. The summed E-state index contributed by atoms with van der Waals surface area (Å²) < 4.78 is 0. The Morgan fingerprint density at radius 2 is 2.33 bits per heavy atom. The van der Waals surface area contributed by atoms with Crippen LogP contribution in [0.15, 0.2) is 0 Å². The van der Waals surface area contributed by atoms with Crippen LogP contribution in [0, 0.1) is 0 Å². The largest absolute Gasteiger partial charge is 0.480 e. The van der Waals surface area contributed by atoms with Gasteiger partial charge in [0.05, 0.1) is 0 Å². The summed E-state index contributed by atoms with van der Waals surface area (Å²) in [5, 5.41) is 8.17. The van der Waals surface area contributed by atoms with Crippen LogP contribution in [-0.4, -0.2) is 29.1 Å². The fourth-order valence-electron chi connectivity index (χ4n) is 0.251. The van der Waals surface area contributed by atoms with Crippen molar-refractivity contribution in [2.24, 2.45) is 5.73 Å². The van der Waals surface area contributed by atoms with Crippen molar-refractivity contribution < 1.29 is 9.90 Å². The SMILES string of the molecule is CSC[C@@H](N)C(=O)O.Cl. The molecule has 0 heterocycles. The lowest BCUT2D eigenvalue weighted by Gasteiger charge is -2.00. The van der Waals surface area contributed by atoms with Crippen LogP contribution in [0.5, 0.6) is 0 Å². The number of hydrogen-bond donors (Lipinski definition) is 2. The van der Waals surface area contributed by atoms with Crippen LogP contribution in [0.2, 0.25) is 0 Å². The molecule has 0 aromatic rings. The Bertz CT molecular complexity index is 90.6. The molecule has 0 rings (SSSR count). The Labute approximate surface area is 64.4 Å². The number of rotatable bonds is 3. The second kappa shape index (κ2) is 6.19. The van der Waals surface area contributed by atoms with Gasteiger partial charge in [0.25, 0.3) is 0 Å². The number of aliphatic carboxylic acids is 1. The molecular weight excluding hydrogens is 162 g/mol. The van der Waals surface area contributed by atoms with E-state index in [2.05, 4.69) is 0 Å². The third-order valence-electron chi connectivity index (χ3n) is 0.663. The summed E-state index contributed by atoms with van der Waals surface area (Å²) in [5.41, 5.74) is 5.11. The zero-order chi connectivity index (χ0) is 6.57. The first-order chi connectivity index (χ1) is 3.68. The highest BCUT2D eigenvalue weighted by molar-refractivity contribution is 7.98. The molecule has 0 bridgehead atoms. The third-order valence-corrected chi connectivity index (χ3v) is 1.36. The van der Waals surface area contributed by atoms with Crippen molar-refractivity contribution in [3.05, 3.63) is 0 Å². The van der Waals surface area contributed by atoms with Crippen molar-refractivity contribution in [2.45, 2.75) is 6.04 Å². The molecule has 3 N–H and O–H groups in total. The second-order valence-electron chi connectivity index (χ2n) is 1.40. The quantitative estimate of drug-likeness (QED) is 0.636. The maximum Gasteiger partial charge on any atom is 0.321 e. The van der Waals surface area contributed by atoms with E-state index in [0.29, 0.717) is 5.75 Å². The number of thioether (sulfide) groups is 1. The highest BCUT2D eigenvalue weighted by Crippen LogP contribution is 1.93. The molecular formula is C4H10ClNO2S. The predicted octanol–water partition coefficient (Wildman–Crippen LogP) is 0.183. The van der Waals surface area contributed by atoms with Crippen LogP contribution in [-0.2, 0) is 4.79 Å². The first-order valence-electron chi connectivity index (χ1n) is 2.15. The highest BCUT2D eigenvalue weighted by Gasteiger charge is 2.08. The lowest BCUT2D eigenvalue weighted by Crippen LogP contribution is -2.32. The summed E-state index contributed by atoms with van der Waals surface area (Å²) in [7, 11) is 0. The molecule has 3 nitrogen and oxygen atoms in total. The molecule has 0 amide bonds. The first-order valence-corrected chi connectivity index (χ1v) is 3.55. The monoisotopic (exact) mass is 171 g/mol. The first kappa shape index (κ1) is 11.8. The minimum absolute atomic E-state index is 0. The maximum atomic E-state index is 9.95. The molecule has 0 saturated carbocycles. The Kier molecular flexibility index (Phi) is 8.13. The molecule has 0 fully saturated rings. The molecule has 5 heteroatoms. The predicted molar refractivity (Wildman–Crippen MR) is 41.2 cm³/mol. The van der Waals surface area contributed by atoms with E-state index in [1.54, 1.807) is 0 Å². The smallest absolute Gasteiger partial charge is 0.321 e. The van der Waals surface area contributed by atoms with Crippen molar-refractivity contribution >= 4 is 30.1 Å². The molecule has 0 radical (unpaired) electrons. The molecule has 0 saturated heterocycles. The van der Waals surface area contributed by atoms with E-state index in [4.69, 9.17) is 10.8 Å². The number of halogens is 1. The van der Waals surface area contributed by atoms with E-state index in [9.17, 15) is 4.79 Å². The molecule has 0 aromatic heterocycles. The minimum Gasteiger partial charge on any atom is -0.480 e. The molecule has 0 aliphatic carbocycles. The molecule has 0 aromatic carbocycles. The summed E-state index contributed by atoms with van der Waals surface area (Å²) in [4.78, 5) is 9.95. The molecule has 9 heavy (non-hydrogen) atoms. The van der Waals surface area contributed by atoms with Crippen LogP contribution in [0.4, 0.5) is 0 Å². The topological polar surface area (TPSA) is 63.3 Å². The zero-order valence-electron chi connectivity index (χ0n) is 5.03. The van der Waals surface area contributed by atoms with E-state index in [0.717, 1.165) is 0 Å². The van der Waals surface area contributed by atoms with Gasteiger partial charge in [-0.25, -0.2) is 0 Å². The van der Waals surface area contributed by atoms with Gasteiger partial charge in [0.15, 0.2) is 0 Å². The fourth-order valence-corrected chi connectivity index (χ4v) is 0.753. The normalized spacial score (nSPS) is 11.8. The van der Waals surface area contributed by atoms with E-state index >= 15 is 0 Å². The molecule has 0 aliphatic rings. The Balaban J connectivity index is 0. The van der Waals surface area contributed by atoms with Crippen molar-refractivity contribution in [1.29, 1.82) is 0 Å². The van der Waals surface area contributed by atoms with E-state index in [1.165, 1.54) is 11.8 Å². The van der Waals surface area contributed by atoms with Gasteiger partial charge in [-0.05, 0) is 6.26 Å². The summed E-state index contributed by atoms with van der Waals surface area (Å²) >= 11 is 1.43. The summed E-state index contributed by atoms with van der Waals surface area (Å²) in [6, 6.07) is -0.704. The summed E-state index contributed by atoms with van der Waals surface area (Å²) in [6.07, 6.45) is 1.82. The number of carbonyl (C=O) groups is 1. The number of carboxylic acids is 1. The van der Waals surface area contributed by atoms with Gasteiger partial charge in [-0.3, -0.25) is 4.79 Å². The van der Waals surface area contributed by atoms with Gasteiger partial charge in [-0.1, -0.05) is 0 Å². The van der Waals surface area contributed by atoms with Gasteiger partial charge in [0.1, 0.15) is 6.04 Å². The molecule has 0 spiro atoms. The van der Waals surface area contributed by atoms with Crippen LogP contribution >= 0.6 is 24.2 Å². The highest BCUT2D eigenvalue weighted by atomic mass is 35.5. The minimum atomic E-state index is -0.931. The van der Waals surface area contributed by atoms with Gasteiger partial charge in [0, 0.05) is 5.75 Å². The van der Waals surface area contributed by atoms with E-state index in [1.807, 2.05) is 6.26 Å². The maximum absolute atomic E-state index is 9.95. The van der Waals surface area contributed by atoms with Crippen LogP contribution in [0.1, 0.15) is 0 Å². The zero-order valence-corrected chi connectivity index (χ0v) is 6.67. The van der Waals surface area contributed by atoms with Gasteiger partial charge in [0.2, 0.25) is 0 Å². The number of nitrogens with two attached hydrogens (primary N) is 1. The number of carboxylic acid groups (broad SMARTS) is 1. The van der Waals surface area contributed by atoms with Gasteiger partial charge in [-0.2, -0.15) is 11.8 Å². The standard InChI is InChI=1S/C4H9NO2S.ClH/c1-8-2-3(5)4(6)7;/h3H,2,5H2,1H3,(H,6,7);1H/t3-;/m1./s1. The average Bonchev–Trinajstić information content (AvgIpc) is 1.67. The van der Waals surface area contributed by atoms with Crippen LogP contribution in [0.25, 0.3) is 0 Å². The lowest BCUT2D eigenvalue weighted by atomic mass is 10.4. The molecule has 0 unspecified atom stereocenters. The Morgan fingerprint density at radius 1 is 1.89 bits per heavy atom. The Morgan fingerprint density at radius 3 is 2.44 bits per heavy atom. The van der Waals surface area contributed by atoms with Gasteiger partial charge < -0.3 is 10.8 Å². The summed E-state index contributed by atoms with van der Waals surface area (Å²) in [5.74, 6) is -0.450.